The number of nitrogens with zero attached hydrogens (tertiary/aromatic N) is 5. The molecule has 7 heteroatoms. The molecule has 0 fully saturated rings. The van der Waals surface area contributed by atoms with E-state index in [0.717, 1.165) is 23.2 Å². The van der Waals surface area contributed by atoms with Gasteiger partial charge in [0.15, 0.2) is 0 Å². The Balaban J connectivity index is 2.06. The molecule has 0 radical (unpaired) electrons. The molecule has 0 bridgehead atoms. The first-order chi connectivity index (χ1) is 9.33. The number of nitrogens with one attached hydrogen (secondary N) is 1. The summed E-state index contributed by atoms with van der Waals surface area (Å²) in [5.41, 5.74) is 5.72. The molecule has 1 unspecified atom stereocenters. The van der Waals surface area contributed by atoms with Crippen LogP contribution < -0.4 is 11.3 Å². The fourth-order valence-electron chi connectivity index (χ4n) is 2.14. The van der Waals surface area contributed by atoms with Gasteiger partial charge in [0.1, 0.15) is 0 Å². The molecule has 3 N–H and O–H groups in total. The van der Waals surface area contributed by atoms with Crippen LogP contribution in [-0.4, -0.2) is 24.4 Å². The summed E-state index contributed by atoms with van der Waals surface area (Å²) in [5.74, 6) is 5.69. The Kier molecular flexibility index (Phi) is 2.98. The largest absolute Gasteiger partial charge is 0.273 e. The second kappa shape index (κ2) is 4.79. The van der Waals surface area contributed by atoms with Gasteiger partial charge in [-0.05, 0) is 6.92 Å². The zero-order chi connectivity index (χ0) is 13.2. The van der Waals surface area contributed by atoms with E-state index >= 15 is 0 Å². The zero-order valence-electron chi connectivity index (χ0n) is 10.6. The van der Waals surface area contributed by atoms with Crippen LogP contribution in [0.2, 0.25) is 0 Å². The maximum Gasteiger partial charge on any atom is 0.0896 e. The van der Waals surface area contributed by atoms with E-state index < -0.39 is 0 Å². The van der Waals surface area contributed by atoms with E-state index in [9.17, 15) is 0 Å². The van der Waals surface area contributed by atoms with E-state index in [2.05, 4.69) is 20.6 Å². The van der Waals surface area contributed by atoms with Gasteiger partial charge < -0.3 is 0 Å². The van der Waals surface area contributed by atoms with Crippen LogP contribution >= 0.6 is 0 Å². The minimum atomic E-state index is -0.151. The molecular formula is C12H15N7. The average Bonchev–Trinajstić information content (AvgIpc) is 3.07. The van der Waals surface area contributed by atoms with Crippen LogP contribution in [0.15, 0.2) is 37.2 Å². The molecule has 0 aliphatic carbocycles. The predicted molar refractivity (Wildman–Crippen MR) is 70.1 cm³/mol. The predicted octanol–water partition coefficient (Wildman–Crippen LogP) is 0.498. The quantitative estimate of drug-likeness (QED) is 0.525. The Bertz CT molecular complexity index is 684. The van der Waals surface area contributed by atoms with E-state index in [0.29, 0.717) is 0 Å². The molecule has 3 aromatic heterocycles. The number of hydrazine groups is 1. The van der Waals surface area contributed by atoms with Crippen LogP contribution in [-0.2, 0) is 6.54 Å². The van der Waals surface area contributed by atoms with Crippen molar-refractivity contribution in [2.75, 3.05) is 0 Å². The van der Waals surface area contributed by atoms with Crippen LogP contribution in [0.4, 0.5) is 0 Å². The highest BCUT2D eigenvalue weighted by molar-refractivity contribution is 5.55. The Hall–Kier alpha value is -2.25. The molecular weight excluding hydrogens is 242 g/mol. The molecule has 0 saturated carbocycles. The fourth-order valence-corrected chi connectivity index (χ4v) is 2.14. The molecule has 3 rings (SSSR count). The molecule has 0 aromatic carbocycles. The van der Waals surface area contributed by atoms with Gasteiger partial charge in [0, 0.05) is 36.3 Å². The number of aryl methyl sites for hydroxylation is 1. The smallest absolute Gasteiger partial charge is 0.0896 e. The Morgan fingerprint density at radius 2 is 2.21 bits per heavy atom. The van der Waals surface area contributed by atoms with Crippen molar-refractivity contribution in [1.29, 1.82) is 0 Å². The van der Waals surface area contributed by atoms with E-state index in [1.165, 1.54) is 0 Å². The van der Waals surface area contributed by atoms with Gasteiger partial charge in [-0.1, -0.05) is 0 Å². The lowest BCUT2D eigenvalue weighted by Crippen LogP contribution is -2.28. The summed E-state index contributed by atoms with van der Waals surface area (Å²) in [5, 5.41) is 8.57. The lowest BCUT2D eigenvalue weighted by Gasteiger charge is -2.12. The van der Waals surface area contributed by atoms with E-state index in [4.69, 9.17) is 5.84 Å². The van der Waals surface area contributed by atoms with Crippen LogP contribution in [0.1, 0.15) is 24.1 Å². The third-order valence-corrected chi connectivity index (χ3v) is 3.14. The van der Waals surface area contributed by atoms with E-state index in [-0.39, 0.29) is 6.04 Å². The van der Waals surface area contributed by atoms with Crippen LogP contribution in [0.5, 0.6) is 0 Å². The number of nitrogens with two attached hydrogens (primary N) is 1. The SMILES string of the molecule is CCn1cc(C(NN)c2cnn3ccncc23)cn1. The normalized spacial score (nSPS) is 12.9. The Morgan fingerprint density at radius 3 is 2.95 bits per heavy atom. The summed E-state index contributed by atoms with van der Waals surface area (Å²) >= 11 is 0. The summed E-state index contributed by atoms with van der Waals surface area (Å²) in [6, 6.07) is -0.151. The molecule has 7 nitrogen and oxygen atoms in total. The van der Waals surface area contributed by atoms with Crippen molar-refractivity contribution < 1.29 is 0 Å². The minimum Gasteiger partial charge on any atom is -0.273 e. The monoisotopic (exact) mass is 257 g/mol. The second-order valence-electron chi connectivity index (χ2n) is 4.24. The fraction of sp³-hybridized carbons (Fsp3) is 0.250. The first-order valence-electron chi connectivity index (χ1n) is 6.09. The molecule has 0 saturated heterocycles. The topological polar surface area (TPSA) is 86.1 Å². The van der Waals surface area contributed by atoms with Gasteiger partial charge in [-0.15, -0.1) is 0 Å². The molecule has 98 valence electrons. The molecule has 3 heterocycles. The molecule has 1 atom stereocenters. The molecule has 0 aliphatic rings. The Labute approximate surface area is 110 Å². The van der Waals surface area contributed by atoms with Gasteiger partial charge in [0.25, 0.3) is 0 Å². The lowest BCUT2D eigenvalue weighted by molar-refractivity contribution is 0.633. The van der Waals surface area contributed by atoms with Gasteiger partial charge in [-0.2, -0.15) is 10.2 Å². The number of hydrogen-bond acceptors (Lipinski definition) is 5. The van der Waals surface area contributed by atoms with Crippen molar-refractivity contribution >= 4 is 5.52 Å². The number of hydrogen-bond donors (Lipinski definition) is 2. The highest BCUT2D eigenvalue weighted by Crippen LogP contribution is 2.24. The van der Waals surface area contributed by atoms with Gasteiger partial charge in [-0.3, -0.25) is 15.5 Å². The molecule has 0 spiro atoms. The van der Waals surface area contributed by atoms with Crippen LogP contribution in [0.25, 0.3) is 5.52 Å². The van der Waals surface area contributed by atoms with Crippen molar-refractivity contribution in [2.24, 2.45) is 5.84 Å². The number of rotatable bonds is 4. The van der Waals surface area contributed by atoms with Crippen molar-refractivity contribution in [2.45, 2.75) is 19.5 Å². The third-order valence-electron chi connectivity index (χ3n) is 3.14. The summed E-state index contributed by atoms with van der Waals surface area (Å²) in [6.45, 7) is 2.87. The summed E-state index contributed by atoms with van der Waals surface area (Å²) in [7, 11) is 0. The van der Waals surface area contributed by atoms with Crippen molar-refractivity contribution in [3.05, 3.63) is 48.3 Å². The standard InChI is InChI=1S/C12H15N7/c1-2-18-8-9(5-15-18)12(17-13)10-6-16-19-4-3-14-7-11(10)19/h3-8,12,17H,2,13H2,1H3. The molecule has 0 aliphatic heterocycles. The summed E-state index contributed by atoms with van der Waals surface area (Å²) in [6.07, 6.45) is 10.9. The Morgan fingerprint density at radius 1 is 1.32 bits per heavy atom. The first kappa shape index (κ1) is 11.8. The van der Waals surface area contributed by atoms with E-state index in [1.807, 2.05) is 30.2 Å². The second-order valence-corrected chi connectivity index (χ2v) is 4.24. The summed E-state index contributed by atoms with van der Waals surface area (Å²) in [4.78, 5) is 4.13. The minimum absolute atomic E-state index is 0.151. The van der Waals surface area contributed by atoms with Crippen molar-refractivity contribution in [3.63, 3.8) is 0 Å². The van der Waals surface area contributed by atoms with Crippen LogP contribution in [0.3, 0.4) is 0 Å². The zero-order valence-corrected chi connectivity index (χ0v) is 10.6. The molecule has 0 amide bonds. The maximum atomic E-state index is 5.69. The number of fused-ring (bicyclic) bond motifs is 1. The highest BCUT2D eigenvalue weighted by atomic mass is 15.3. The van der Waals surface area contributed by atoms with Crippen molar-refractivity contribution in [3.8, 4) is 0 Å². The average molecular weight is 257 g/mol. The van der Waals surface area contributed by atoms with Gasteiger partial charge in [0.05, 0.1) is 30.1 Å². The highest BCUT2D eigenvalue weighted by Gasteiger charge is 2.18. The van der Waals surface area contributed by atoms with Gasteiger partial charge in [0.2, 0.25) is 0 Å². The van der Waals surface area contributed by atoms with Crippen LogP contribution in [0, 0.1) is 0 Å². The van der Waals surface area contributed by atoms with E-state index in [1.54, 1.807) is 23.1 Å². The molecule has 3 aromatic rings. The molecule has 19 heavy (non-hydrogen) atoms. The lowest BCUT2D eigenvalue weighted by atomic mass is 10.0. The van der Waals surface area contributed by atoms with Gasteiger partial charge in [-0.25, -0.2) is 9.94 Å². The maximum absolute atomic E-state index is 5.69. The van der Waals surface area contributed by atoms with Crippen molar-refractivity contribution in [1.82, 2.24) is 29.8 Å². The summed E-state index contributed by atoms with van der Waals surface area (Å²) < 4.78 is 3.64. The first-order valence-corrected chi connectivity index (χ1v) is 6.09. The number of aromatic nitrogens is 5. The van der Waals surface area contributed by atoms with Gasteiger partial charge >= 0.3 is 0 Å². The third kappa shape index (κ3) is 1.98.